The lowest BCUT2D eigenvalue weighted by atomic mass is 10.1. The first kappa shape index (κ1) is 19.0. The van der Waals surface area contributed by atoms with Crippen molar-refractivity contribution in [2.45, 2.75) is 18.4 Å². The predicted octanol–water partition coefficient (Wildman–Crippen LogP) is 2.61. The van der Waals surface area contributed by atoms with Crippen LogP contribution in [0.25, 0.3) is 0 Å². The summed E-state index contributed by atoms with van der Waals surface area (Å²) >= 11 is 0. The van der Waals surface area contributed by atoms with Crippen LogP contribution in [0.1, 0.15) is 21.5 Å². The number of benzene rings is 2. The highest BCUT2D eigenvalue weighted by molar-refractivity contribution is 7.89. The molecule has 0 unspecified atom stereocenters. The third kappa shape index (κ3) is 4.00. The zero-order chi connectivity index (χ0) is 18.6. The molecule has 0 aliphatic carbocycles. The summed E-state index contributed by atoms with van der Waals surface area (Å²) in [5.41, 5.74) is 1.50. The maximum Gasteiger partial charge on any atom is 0.337 e. The summed E-state index contributed by atoms with van der Waals surface area (Å²) in [6.45, 7) is 1.83. The van der Waals surface area contributed by atoms with Gasteiger partial charge in [0.25, 0.3) is 0 Å². The summed E-state index contributed by atoms with van der Waals surface area (Å²) in [4.78, 5) is 11.8. The van der Waals surface area contributed by atoms with Crippen LogP contribution in [0.5, 0.6) is 5.75 Å². The molecular formula is C18H21NO5S. The van der Waals surface area contributed by atoms with Crippen molar-refractivity contribution in [2.24, 2.45) is 0 Å². The normalized spacial score (nSPS) is 11.4. The molecule has 0 aliphatic rings. The molecule has 2 rings (SSSR count). The van der Waals surface area contributed by atoms with Gasteiger partial charge in [-0.1, -0.05) is 24.3 Å². The van der Waals surface area contributed by atoms with Crippen molar-refractivity contribution in [3.05, 3.63) is 59.2 Å². The van der Waals surface area contributed by atoms with Gasteiger partial charge in [0, 0.05) is 19.2 Å². The summed E-state index contributed by atoms with van der Waals surface area (Å²) in [5, 5.41) is 0. The fraction of sp³-hybridized carbons (Fsp3) is 0.278. The van der Waals surface area contributed by atoms with Crippen LogP contribution in [0.2, 0.25) is 0 Å². The molecule has 0 bridgehead atoms. The van der Waals surface area contributed by atoms with E-state index in [1.54, 1.807) is 25.1 Å². The van der Waals surface area contributed by atoms with E-state index in [0.717, 1.165) is 5.56 Å². The molecule has 2 aromatic rings. The van der Waals surface area contributed by atoms with Gasteiger partial charge in [0.2, 0.25) is 10.0 Å². The molecule has 0 radical (unpaired) electrons. The molecule has 0 aromatic heterocycles. The predicted molar refractivity (Wildman–Crippen MR) is 94.2 cm³/mol. The SMILES string of the molecule is COC(=O)c1ccc(C)c(S(=O)(=O)N(C)Cc2ccccc2OC)c1. The Labute approximate surface area is 148 Å². The number of aryl methyl sites for hydroxylation is 1. The first-order valence-electron chi connectivity index (χ1n) is 7.58. The second-order valence-corrected chi connectivity index (χ2v) is 7.56. The zero-order valence-corrected chi connectivity index (χ0v) is 15.5. The Kier molecular flexibility index (Phi) is 5.81. The van der Waals surface area contributed by atoms with Gasteiger partial charge in [-0.3, -0.25) is 0 Å². The van der Waals surface area contributed by atoms with E-state index in [1.165, 1.54) is 31.6 Å². The molecular weight excluding hydrogens is 342 g/mol. The van der Waals surface area contributed by atoms with Crippen LogP contribution in [0, 0.1) is 6.92 Å². The van der Waals surface area contributed by atoms with Crippen LogP contribution >= 0.6 is 0 Å². The maximum absolute atomic E-state index is 13.0. The summed E-state index contributed by atoms with van der Waals surface area (Å²) < 4.78 is 37.1. The number of carbonyl (C=O) groups is 1. The second-order valence-electron chi connectivity index (χ2n) is 5.54. The minimum Gasteiger partial charge on any atom is -0.496 e. The van der Waals surface area contributed by atoms with Crippen molar-refractivity contribution in [3.8, 4) is 5.75 Å². The van der Waals surface area contributed by atoms with Crippen LogP contribution < -0.4 is 4.74 Å². The standard InChI is InChI=1S/C18H21NO5S/c1-13-9-10-14(18(20)24-4)11-17(13)25(21,22)19(2)12-15-7-5-6-8-16(15)23-3/h5-11H,12H2,1-4H3. The van der Waals surface area contributed by atoms with Crippen molar-refractivity contribution in [3.63, 3.8) is 0 Å². The van der Waals surface area contributed by atoms with E-state index < -0.39 is 16.0 Å². The van der Waals surface area contributed by atoms with Gasteiger partial charge in [-0.15, -0.1) is 0 Å². The smallest absolute Gasteiger partial charge is 0.337 e. The van der Waals surface area contributed by atoms with Crippen molar-refractivity contribution in [1.82, 2.24) is 4.31 Å². The van der Waals surface area contributed by atoms with E-state index in [-0.39, 0.29) is 17.0 Å². The Hall–Kier alpha value is -2.38. The average molecular weight is 363 g/mol. The first-order chi connectivity index (χ1) is 11.8. The van der Waals surface area contributed by atoms with E-state index in [4.69, 9.17) is 4.74 Å². The molecule has 0 aliphatic heterocycles. The van der Waals surface area contributed by atoms with Gasteiger partial charge >= 0.3 is 5.97 Å². The number of esters is 1. The highest BCUT2D eigenvalue weighted by Crippen LogP contribution is 2.25. The van der Waals surface area contributed by atoms with Gasteiger partial charge in [0.1, 0.15) is 5.75 Å². The Morgan fingerprint density at radius 3 is 2.44 bits per heavy atom. The van der Waals surface area contributed by atoms with Crippen molar-refractivity contribution >= 4 is 16.0 Å². The van der Waals surface area contributed by atoms with E-state index in [2.05, 4.69) is 4.74 Å². The lowest BCUT2D eigenvalue weighted by Gasteiger charge is -2.20. The maximum atomic E-state index is 13.0. The first-order valence-corrected chi connectivity index (χ1v) is 9.02. The van der Waals surface area contributed by atoms with Gasteiger partial charge in [-0.2, -0.15) is 4.31 Å². The Bertz CT molecular complexity index is 877. The van der Waals surface area contributed by atoms with Crippen LogP contribution in [0.3, 0.4) is 0 Å². The second kappa shape index (κ2) is 7.67. The molecule has 0 saturated carbocycles. The number of rotatable bonds is 6. The van der Waals surface area contributed by atoms with E-state index in [1.807, 2.05) is 18.2 Å². The number of nitrogens with zero attached hydrogens (tertiary/aromatic N) is 1. The fourth-order valence-electron chi connectivity index (χ4n) is 2.45. The molecule has 0 saturated heterocycles. The summed E-state index contributed by atoms with van der Waals surface area (Å²) in [7, 11) is 0.498. The molecule has 25 heavy (non-hydrogen) atoms. The van der Waals surface area contributed by atoms with Crippen LogP contribution in [0.4, 0.5) is 0 Å². The Morgan fingerprint density at radius 2 is 1.80 bits per heavy atom. The van der Waals surface area contributed by atoms with Gasteiger partial charge in [0.05, 0.1) is 24.7 Å². The molecule has 0 atom stereocenters. The molecule has 0 spiro atoms. The minimum atomic E-state index is -3.79. The van der Waals surface area contributed by atoms with Crippen LogP contribution in [0.15, 0.2) is 47.4 Å². The lowest BCUT2D eigenvalue weighted by Crippen LogP contribution is -2.27. The van der Waals surface area contributed by atoms with Crippen molar-refractivity contribution in [1.29, 1.82) is 0 Å². The van der Waals surface area contributed by atoms with Crippen LogP contribution in [-0.2, 0) is 21.3 Å². The number of hydrogen-bond donors (Lipinski definition) is 0. The lowest BCUT2D eigenvalue weighted by molar-refractivity contribution is 0.0600. The van der Waals surface area contributed by atoms with Gasteiger partial charge < -0.3 is 9.47 Å². The number of methoxy groups -OCH3 is 2. The number of carbonyl (C=O) groups excluding carboxylic acids is 1. The summed E-state index contributed by atoms with van der Waals surface area (Å²) in [6.07, 6.45) is 0. The molecule has 0 fully saturated rings. The Balaban J connectivity index is 2.39. The molecule has 0 N–H and O–H groups in total. The van der Waals surface area contributed by atoms with Gasteiger partial charge in [-0.25, -0.2) is 13.2 Å². The topological polar surface area (TPSA) is 72.9 Å². The number of ether oxygens (including phenoxy) is 2. The van der Waals surface area contributed by atoms with Crippen molar-refractivity contribution in [2.75, 3.05) is 21.3 Å². The van der Waals surface area contributed by atoms with Crippen molar-refractivity contribution < 1.29 is 22.7 Å². The molecule has 134 valence electrons. The molecule has 7 heteroatoms. The quantitative estimate of drug-likeness (QED) is 0.738. The van der Waals surface area contributed by atoms with E-state index >= 15 is 0 Å². The third-order valence-electron chi connectivity index (χ3n) is 3.88. The summed E-state index contributed by atoms with van der Waals surface area (Å²) in [5.74, 6) is 0.0356. The number of para-hydroxylation sites is 1. The fourth-order valence-corrected chi connectivity index (χ4v) is 3.84. The number of hydrogen-bond acceptors (Lipinski definition) is 5. The highest BCUT2D eigenvalue weighted by Gasteiger charge is 2.25. The summed E-state index contributed by atoms with van der Waals surface area (Å²) in [6, 6.07) is 11.7. The number of sulfonamides is 1. The highest BCUT2D eigenvalue weighted by atomic mass is 32.2. The van der Waals surface area contributed by atoms with Gasteiger partial charge in [0.15, 0.2) is 0 Å². The molecule has 0 amide bonds. The van der Waals surface area contributed by atoms with E-state index in [9.17, 15) is 13.2 Å². The third-order valence-corrected chi connectivity index (χ3v) is 5.83. The molecule has 6 nitrogen and oxygen atoms in total. The minimum absolute atomic E-state index is 0.0767. The monoisotopic (exact) mass is 363 g/mol. The zero-order valence-electron chi connectivity index (χ0n) is 14.6. The molecule has 0 heterocycles. The largest absolute Gasteiger partial charge is 0.496 e. The molecule has 2 aromatic carbocycles. The van der Waals surface area contributed by atoms with Crippen LogP contribution in [-0.4, -0.2) is 40.0 Å². The van der Waals surface area contributed by atoms with Gasteiger partial charge in [-0.05, 0) is 30.7 Å². The Morgan fingerprint density at radius 1 is 1.12 bits per heavy atom. The van der Waals surface area contributed by atoms with E-state index in [0.29, 0.717) is 11.3 Å². The average Bonchev–Trinajstić information content (AvgIpc) is 2.61.